The van der Waals surface area contributed by atoms with Crippen molar-refractivity contribution in [2.24, 2.45) is 5.92 Å². The summed E-state index contributed by atoms with van der Waals surface area (Å²) in [5.41, 5.74) is 0.729. The van der Waals surface area contributed by atoms with Crippen LogP contribution in [0.4, 0.5) is 0 Å². The lowest BCUT2D eigenvalue weighted by Gasteiger charge is -2.05. The Hall–Kier alpha value is -0.810. The molecule has 0 saturated carbocycles. The number of aromatic amines is 1. The number of hydrogen-bond acceptors (Lipinski definition) is 4. The van der Waals surface area contributed by atoms with Crippen LogP contribution in [0.2, 0.25) is 0 Å². The third-order valence-electron chi connectivity index (χ3n) is 1.89. The zero-order valence-corrected chi connectivity index (χ0v) is 10.9. The monoisotopic (exact) mass is 241 g/mol. The van der Waals surface area contributed by atoms with Crippen molar-refractivity contribution < 1.29 is 0 Å². The highest BCUT2D eigenvalue weighted by Crippen LogP contribution is 2.11. The predicted molar refractivity (Wildman–Crippen MR) is 68.6 cm³/mol. The maximum absolute atomic E-state index is 11.4. The lowest BCUT2D eigenvalue weighted by atomic mass is 10.3. The maximum Gasteiger partial charge on any atom is 0.251 e. The van der Waals surface area contributed by atoms with E-state index in [4.69, 9.17) is 0 Å². The minimum atomic E-state index is -0.0691. The molecule has 0 fully saturated rings. The highest BCUT2D eigenvalue weighted by molar-refractivity contribution is 7.98. The molecular formula is C11H19N3OS. The van der Waals surface area contributed by atoms with E-state index in [0.717, 1.165) is 23.0 Å². The lowest BCUT2D eigenvalue weighted by molar-refractivity contribution is 0.748. The zero-order valence-electron chi connectivity index (χ0n) is 10.0. The molecule has 0 aliphatic carbocycles. The van der Waals surface area contributed by atoms with Gasteiger partial charge in [0, 0.05) is 12.6 Å². The Balaban J connectivity index is 2.61. The first-order chi connectivity index (χ1) is 7.61. The molecule has 90 valence electrons. The molecule has 0 unspecified atom stereocenters. The van der Waals surface area contributed by atoms with Gasteiger partial charge >= 0.3 is 0 Å². The maximum atomic E-state index is 11.4. The molecule has 0 radical (unpaired) electrons. The second-order valence-corrected chi connectivity index (χ2v) is 5.15. The molecule has 0 aromatic carbocycles. The van der Waals surface area contributed by atoms with E-state index in [1.54, 1.807) is 11.8 Å². The quantitative estimate of drug-likeness (QED) is 0.790. The number of hydrogen-bond donors (Lipinski definition) is 2. The molecule has 0 amide bonds. The van der Waals surface area contributed by atoms with Crippen molar-refractivity contribution >= 4 is 11.8 Å². The highest BCUT2D eigenvalue weighted by atomic mass is 32.2. The summed E-state index contributed by atoms with van der Waals surface area (Å²) in [7, 11) is 1.84. The Labute approximate surface area is 100 Å². The smallest absolute Gasteiger partial charge is 0.251 e. The second kappa shape index (κ2) is 6.70. The lowest BCUT2D eigenvalue weighted by Crippen LogP contribution is -2.16. The fourth-order valence-electron chi connectivity index (χ4n) is 1.29. The SMILES string of the molecule is CNCc1cc(=O)[nH]c(CSCC(C)C)n1. The van der Waals surface area contributed by atoms with Crippen LogP contribution in [0, 0.1) is 5.92 Å². The van der Waals surface area contributed by atoms with E-state index in [9.17, 15) is 4.79 Å². The van der Waals surface area contributed by atoms with Gasteiger partial charge in [-0.25, -0.2) is 4.98 Å². The topological polar surface area (TPSA) is 57.8 Å². The highest BCUT2D eigenvalue weighted by Gasteiger charge is 2.02. The van der Waals surface area contributed by atoms with Gasteiger partial charge in [0.2, 0.25) is 0 Å². The molecule has 0 aliphatic heterocycles. The standard InChI is InChI=1S/C11H19N3OS/c1-8(2)6-16-7-10-13-9(5-12-3)4-11(15)14-10/h4,8,12H,5-7H2,1-3H3,(H,13,14,15). The molecule has 0 atom stereocenters. The molecular weight excluding hydrogens is 222 g/mol. The summed E-state index contributed by atoms with van der Waals surface area (Å²) in [6.07, 6.45) is 0. The number of thioether (sulfide) groups is 1. The molecule has 1 rings (SSSR count). The van der Waals surface area contributed by atoms with Crippen molar-refractivity contribution in [3.05, 3.63) is 27.9 Å². The van der Waals surface area contributed by atoms with Crippen molar-refractivity contribution in [3.63, 3.8) is 0 Å². The van der Waals surface area contributed by atoms with Gasteiger partial charge in [0.15, 0.2) is 0 Å². The van der Waals surface area contributed by atoms with Gasteiger partial charge in [-0.05, 0) is 18.7 Å². The van der Waals surface area contributed by atoms with E-state index >= 15 is 0 Å². The molecule has 16 heavy (non-hydrogen) atoms. The van der Waals surface area contributed by atoms with Gasteiger partial charge in [-0.15, -0.1) is 0 Å². The first kappa shape index (κ1) is 13.3. The van der Waals surface area contributed by atoms with Crippen molar-refractivity contribution in [1.82, 2.24) is 15.3 Å². The van der Waals surface area contributed by atoms with Gasteiger partial charge in [-0.3, -0.25) is 4.79 Å². The van der Waals surface area contributed by atoms with Crippen molar-refractivity contribution in [1.29, 1.82) is 0 Å². The molecule has 1 heterocycles. The molecule has 5 heteroatoms. The van der Waals surface area contributed by atoms with Crippen LogP contribution in [0.1, 0.15) is 25.4 Å². The van der Waals surface area contributed by atoms with Crippen LogP contribution in [0.15, 0.2) is 10.9 Å². The van der Waals surface area contributed by atoms with E-state index in [2.05, 4.69) is 29.1 Å². The van der Waals surface area contributed by atoms with E-state index in [-0.39, 0.29) is 5.56 Å². The average Bonchev–Trinajstić information content (AvgIpc) is 2.16. The Morgan fingerprint density at radius 3 is 2.94 bits per heavy atom. The van der Waals surface area contributed by atoms with Crippen LogP contribution >= 0.6 is 11.8 Å². The Kier molecular flexibility index (Phi) is 5.55. The molecule has 0 spiro atoms. The first-order valence-corrected chi connectivity index (χ1v) is 6.58. The van der Waals surface area contributed by atoms with Gasteiger partial charge < -0.3 is 10.3 Å². The largest absolute Gasteiger partial charge is 0.314 e. The predicted octanol–water partition coefficient (Wildman–Crippen LogP) is 1.38. The van der Waals surface area contributed by atoms with Gasteiger partial charge in [-0.1, -0.05) is 13.8 Å². The van der Waals surface area contributed by atoms with Gasteiger partial charge in [-0.2, -0.15) is 11.8 Å². The number of aromatic nitrogens is 2. The van der Waals surface area contributed by atoms with Gasteiger partial charge in [0.1, 0.15) is 5.82 Å². The van der Waals surface area contributed by atoms with Crippen molar-refractivity contribution in [2.75, 3.05) is 12.8 Å². The van der Waals surface area contributed by atoms with E-state index in [1.807, 2.05) is 7.05 Å². The van der Waals surface area contributed by atoms with Gasteiger partial charge in [0.25, 0.3) is 5.56 Å². The Morgan fingerprint density at radius 2 is 2.31 bits per heavy atom. The van der Waals surface area contributed by atoms with E-state index in [0.29, 0.717) is 12.5 Å². The summed E-state index contributed by atoms with van der Waals surface area (Å²) in [5, 5.41) is 2.99. The second-order valence-electron chi connectivity index (χ2n) is 4.12. The third-order valence-corrected chi connectivity index (χ3v) is 3.27. The van der Waals surface area contributed by atoms with Crippen molar-refractivity contribution in [3.8, 4) is 0 Å². The van der Waals surface area contributed by atoms with Gasteiger partial charge in [0.05, 0.1) is 11.4 Å². The molecule has 0 aliphatic rings. The fourth-order valence-corrected chi connectivity index (χ4v) is 2.21. The summed E-state index contributed by atoms with van der Waals surface area (Å²) < 4.78 is 0. The molecule has 2 N–H and O–H groups in total. The van der Waals surface area contributed by atoms with Crippen LogP contribution in [0.25, 0.3) is 0 Å². The summed E-state index contributed by atoms with van der Waals surface area (Å²) >= 11 is 1.80. The molecule has 4 nitrogen and oxygen atoms in total. The Morgan fingerprint density at radius 1 is 1.56 bits per heavy atom. The van der Waals surface area contributed by atoms with Crippen LogP contribution in [0.5, 0.6) is 0 Å². The number of nitrogens with one attached hydrogen (secondary N) is 2. The molecule has 1 aromatic heterocycles. The minimum Gasteiger partial charge on any atom is -0.314 e. The van der Waals surface area contributed by atoms with E-state index < -0.39 is 0 Å². The first-order valence-electron chi connectivity index (χ1n) is 5.43. The molecule has 1 aromatic rings. The van der Waals surface area contributed by atoms with Crippen LogP contribution in [0.3, 0.4) is 0 Å². The van der Waals surface area contributed by atoms with Crippen molar-refractivity contribution in [2.45, 2.75) is 26.1 Å². The Bertz CT molecular complexity index is 376. The normalized spacial score (nSPS) is 11.0. The number of H-pyrrole nitrogens is 1. The average molecular weight is 241 g/mol. The molecule has 0 bridgehead atoms. The number of rotatable bonds is 6. The number of nitrogens with zero attached hydrogens (tertiary/aromatic N) is 1. The van der Waals surface area contributed by atoms with Crippen LogP contribution in [-0.2, 0) is 12.3 Å². The minimum absolute atomic E-state index is 0.0691. The molecule has 0 saturated heterocycles. The van der Waals surface area contributed by atoms with Crippen LogP contribution < -0.4 is 10.9 Å². The summed E-state index contributed by atoms with van der Waals surface area (Å²) in [4.78, 5) is 18.5. The summed E-state index contributed by atoms with van der Waals surface area (Å²) in [6.45, 7) is 4.99. The third kappa shape index (κ3) is 4.81. The van der Waals surface area contributed by atoms with Crippen LogP contribution in [-0.4, -0.2) is 22.8 Å². The zero-order chi connectivity index (χ0) is 12.0. The fraction of sp³-hybridized carbons (Fsp3) is 0.636. The summed E-state index contributed by atoms with van der Waals surface area (Å²) in [6, 6.07) is 1.53. The summed E-state index contributed by atoms with van der Waals surface area (Å²) in [5.74, 6) is 3.28. The van der Waals surface area contributed by atoms with E-state index in [1.165, 1.54) is 6.07 Å².